The summed E-state index contributed by atoms with van der Waals surface area (Å²) in [5.41, 5.74) is 0.973. The third kappa shape index (κ3) is 3.45. The quantitative estimate of drug-likeness (QED) is 0.797. The van der Waals surface area contributed by atoms with Gasteiger partial charge in [0.1, 0.15) is 18.3 Å². The minimum atomic E-state index is -1.86. The van der Waals surface area contributed by atoms with E-state index >= 15 is 0 Å². The van der Waals surface area contributed by atoms with Gasteiger partial charge in [-0.15, -0.1) is 0 Å². The molecule has 2 aliphatic heterocycles. The maximum Gasteiger partial charge on any atom is 0.192 e. The second-order valence-electron chi connectivity index (χ2n) is 6.57. The van der Waals surface area contributed by atoms with Crippen molar-refractivity contribution in [2.75, 3.05) is 6.61 Å². The van der Waals surface area contributed by atoms with E-state index in [9.17, 15) is 5.11 Å². The Kier molecular flexibility index (Phi) is 5.74. The summed E-state index contributed by atoms with van der Waals surface area (Å²) >= 11 is 0. The van der Waals surface area contributed by atoms with Crippen LogP contribution in [0.4, 0.5) is 0 Å². The molecule has 0 bridgehead atoms. The molecule has 2 saturated heterocycles. The summed E-state index contributed by atoms with van der Waals surface area (Å²) in [6.07, 6.45) is -2.39. The van der Waals surface area contributed by atoms with E-state index in [1.165, 1.54) is 0 Å². The fourth-order valence-electron chi connectivity index (χ4n) is 3.57. The number of aliphatic hydroxyl groups excluding tert-OH is 1. The van der Waals surface area contributed by atoms with E-state index in [2.05, 4.69) is 20.8 Å². The number of hydrogen-bond donors (Lipinski definition) is 1. The van der Waals surface area contributed by atoms with E-state index in [4.69, 9.17) is 18.6 Å². The zero-order valence-corrected chi connectivity index (χ0v) is 15.7. The van der Waals surface area contributed by atoms with E-state index in [0.717, 1.165) is 23.7 Å². The molecule has 134 valence electrons. The highest BCUT2D eigenvalue weighted by Gasteiger charge is 2.51. The molecule has 6 heteroatoms. The van der Waals surface area contributed by atoms with E-state index in [-0.39, 0.29) is 12.2 Å². The first-order valence-electron chi connectivity index (χ1n) is 8.95. The molecule has 2 heterocycles. The van der Waals surface area contributed by atoms with E-state index in [1.807, 2.05) is 30.3 Å². The van der Waals surface area contributed by atoms with E-state index < -0.39 is 27.0 Å². The molecular formula is C18H28O5Si. The van der Waals surface area contributed by atoms with Crippen molar-refractivity contribution < 1.29 is 23.7 Å². The topological polar surface area (TPSA) is 57.2 Å². The largest absolute Gasteiger partial charge is 0.406 e. The van der Waals surface area contributed by atoms with Gasteiger partial charge in [0, 0.05) is 5.56 Å². The maximum atomic E-state index is 10.4. The monoisotopic (exact) mass is 352 g/mol. The Morgan fingerprint density at radius 3 is 2.38 bits per heavy atom. The van der Waals surface area contributed by atoms with Gasteiger partial charge in [-0.1, -0.05) is 51.1 Å². The van der Waals surface area contributed by atoms with Crippen LogP contribution in [-0.4, -0.2) is 44.6 Å². The number of hydrogen-bond acceptors (Lipinski definition) is 5. The minimum absolute atomic E-state index is 0.276. The Balaban J connectivity index is 1.76. The SMILES string of the molecule is CC[Si](CC)(CC)O[C@H]1C(O)O[C@H]2CO[C@@H](c3ccccc3)O[C@H]21. The molecule has 1 aromatic carbocycles. The van der Waals surface area contributed by atoms with Gasteiger partial charge in [0.05, 0.1) is 6.61 Å². The van der Waals surface area contributed by atoms with Crippen LogP contribution in [0, 0.1) is 0 Å². The van der Waals surface area contributed by atoms with Gasteiger partial charge in [-0.3, -0.25) is 0 Å². The van der Waals surface area contributed by atoms with Crippen molar-refractivity contribution >= 4 is 8.32 Å². The number of benzene rings is 1. The van der Waals surface area contributed by atoms with Crippen LogP contribution in [0.15, 0.2) is 30.3 Å². The van der Waals surface area contributed by atoms with Crippen LogP contribution in [0.25, 0.3) is 0 Å². The highest BCUT2D eigenvalue weighted by molar-refractivity contribution is 6.73. The molecule has 0 aromatic heterocycles. The molecule has 0 amide bonds. The molecule has 0 spiro atoms. The summed E-state index contributed by atoms with van der Waals surface area (Å²) in [5, 5.41) is 10.4. The van der Waals surface area contributed by atoms with Crippen molar-refractivity contribution in [1.82, 2.24) is 0 Å². The fraction of sp³-hybridized carbons (Fsp3) is 0.667. The molecule has 1 unspecified atom stereocenters. The Bertz CT molecular complexity index is 513. The molecule has 2 aliphatic rings. The van der Waals surface area contributed by atoms with Gasteiger partial charge in [-0.05, 0) is 18.1 Å². The molecule has 5 atom stereocenters. The summed E-state index contributed by atoms with van der Waals surface area (Å²) in [5.74, 6) is 0. The molecular weight excluding hydrogens is 324 g/mol. The minimum Gasteiger partial charge on any atom is -0.406 e. The fourth-order valence-corrected chi connectivity index (χ4v) is 6.40. The number of rotatable bonds is 6. The lowest BCUT2D eigenvalue weighted by Crippen LogP contribution is -2.50. The van der Waals surface area contributed by atoms with Crippen LogP contribution in [0.5, 0.6) is 0 Å². The zero-order chi connectivity index (χ0) is 17.2. The second kappa shape index (κ2) is 7.64. The smallest absolute Gasteiger partial charge is 0.192 e. The Morgan fingerprint density at radius 1 is 1.08 bits per heavy atom. The third-order valence-corrected chi connectivity index (χ3v) is 10.0. The van der Waals surface area contributed by atoms with Crippen molar-refractivity contribution in [1.29, 1.82) is 0 Å². The van der Waals surface area contributed by atoms with Crippen LogP contribution >= 0.6 is 0 Å². The summed E-state index contributed by atoms with van der Waals surface area (Å²) in [6.45, 7) is 6.93. The molecule has 5 nitrogen and oxygen atoms in total. The standard InChI is InChI=1S/C18H28O5Si/c1-4-24(5-2,6-3)23-16-15-14(21-17(16)19)12-20-18(22-15)13-10-8-7-9-11-13/h7-11,14-19H,4-6,12H2,1-3H3/t14-,15+,16+,17?,18+/m0/s1. The lowest BCUT2D eigenvalue weighted by Gasteiger charge is -2.37. The molecule has 3 rings (SSSR count). The second-order valence-corrected chi connectivity index (χ2v) is 11.3. The molecule has 0 saturated carbocycles. The van der Waals surface area contributed by atoms with Crippen LogP contribution < -0.4 is 0 Å². The van der Waals surface area contributed by atoms with Gasteiger partial charge in [-0.25, -0.2) is 0 Å². The van der Waals surface area contributed by atoms with Crippen LogP contribution in [0.1, 0.15) is 32.6 Å². The van der Waals surface area contributed by atoms with Crippen LogP contribution in [0.2, 0.25) is 18.1 Å². The number of aliphatic hydroxyl groups is 1. The average molecular weight is 353 g/mol. The third-order valence-electron chi connectivity index (χ3n) is 5.37. The summed E-state index contributed by atoms with van der Waals surface area (Å²) in [4.78, 5) is 0. The van der Waals surface area contributed by atoms with Gasteiger partial charge in [0.25, 0.3) is 0 Å². The van der Waals surface area contributed by atoms with E-state index in [1.54, 1.807) is 0 Å². The average Bonchev–Trinajstić information content (AvgIpc) is 2.95. The van der Waals surface area contributed by atoms with Crippen molar-refractivity contribution in [3.05, 3.63) is 35.9 Å². The predicted molar refractivity (Wildman–Crippen MR) is 93.0 cm³/mol. The molecule has 1 N–H and O–H groups in total. The maximum absolute atomic E-state index is 10.4. The Labute approximate surface area is 145 Å². The van der Waals surface area contributed by atoms with E-state index in [0.29, 0.717) is 6.61 Å². The summed E-state index contributed by atoms with van der Waals surface area (Å²) in [6, 6.07) is 12.9. The molecule has 0 aliphatic carbocycles. The molecule has 2 fully saturated rings. The molecule has 0 radical (unpaired) electrons. The Hall–Kier alpha value is -0.763. The van der Waals surface area contributed by atoms with Crippen molar-refractivity contribution in [3.63, 3.8) is 0 Å². The Morgan fingerprint density at radius 2 is 1.75 bits per heavy atom. The lowest BCUT2D eigenvalue weighted by atomic mass is 10.1. The first-order valence-corrected chi connectivity index (χ1v) is 11.5. The van der Waals surface area contributed by atoms with Gasteiger partial charge in [0.2, 0.25) is 0 Å². The van der Waals surface area contributed by atoms with Gasteiger partial charge in [0.15, 0.2) is 20.9 Å². The normalized spacial score (nSPS) is 33.4. The molecule has 1 aromatic rings. The van der Waals surface area contributed by atoms with Crippen molar-refractivity contribution in [2.45, 2.75) is 69.8 Å². The zero-order valence-electron chi connectivity index (χ0n) is 14.7. The highest BCUT2D eigenvalue weighted by atomic mass is 28.4. The van der Waals surface area contributed by atoms with Crippen molar-refractivity contribution in [2.24, 2.45) is 0 Å². The van der Waals surface area contributed by atoms with Crippen LogP contribution in [-0.2, 0) is 18.6 Å². The summed E-state index contributed by atoms with van der Waals surface area (Å²) in [7, 11) is -1.86. The highest BCUT2D eigenvalue weighted by Crippen LogP contribution is 2.38. The molecule has 24 heavy (non-hydrogen) atoms. The lowest BCUT2D eigenvalue weighted by molar-refractivity contribution is -0.252. The van der Waals surface area contributed by atoms with Gasteiger partial charge >= 0.3 is 0 Å². The van der Waals surface area contributed by atoms with Crippen molar-refractivity contribution in [3.8, 4) is 0 Å². The first kappa shape index (κ1) is 18.0. The van der Waals surface area contributed by atoms with Gasteiger partial charge in [-0.2, -0.15) is 0 Å². The van der Waals surface area contributed by atoms with Gasteiger partial charge < -0.3 is 23.7 Å². The summed E-state index contributed by atoms with van der Waals surface area (Å²) < 4.78 is 24.1. The predicted octanol–water partition coefficient (Wildman–Crippen LogP) is 3.21. The first-order chi connectivity index (χ1) is 11.6. The number of fused-ring (bicyclic) bond motifs is 1. The van der Waals surface area contributed by atoms with Crippen LogP contribution in [0.3, 0.4) is 0 Å². The number of ether oxygens (including phenoxy) is 3.